The van der Waals surface area contributed by atoms with Crippen molar-refractivity contribution in [3.05, 3.63) is 71.3 Å². The summed E-state index contributed by atoms with van der Waals surface area (Å²) in [5.41, 5.74) is 3.23. The van der Waals surface area contributed by atoms with E-state index in [4.69, 9.17) is 4.74 Å². The van der Waals surface area contributed by atoms with Crippen LogP contribution in [0.15, 0.2) is 54.6 Å². The molecule has 2 aliphatic rings. The maximum absolute atomic E-state index is 13.6. The molecule has 3 unspecified atom stereocenters. The Bertz CT molecular complexity index is 974. The van der Waals surface area contributed by atoms with Gasteiger partial charge in [0.1, 0.15) is 18.1 Å². The van der Waals surface area contributed by atoms with Gasteiger partial charge in [0, 0.05) is 13.0 Å². The molecule has 0 bridgehead atoms. The number of aryl methyl sites for hydroxylation is 1. The number of fused-ring (bicyclic) bond motifs is 2. The van der Waals surface area contributed by atoms with E-state index in [1.165, 1.54) is 4.90 Å². The summed E-state index contributed by atoms with van der Waals surface area (Å²) in [6.45, 7) is 4.12. The van der Waals surface area contributed by atoms with Crippen molar-refractivity contribution in [2.75, 3.05) is 6.61 Å². The van der Waals surface area contributed by atoms with Crippen LogP contribution in [0.4, 0.5) is 0 Å². The fourth-order valence-electron chi connectivity index (χ4n) is 4.68. The Morgan fingerprint density at radius 3 is 2.42 bits per heavy atom. The van der Waals surface area contributed by atoms with Gasteiger partial charge in [0.25, 0.3) is 0 Å². The molecule has 162 valence electrons. The molecular weight excluding hydrogens is 392 g/mol. The Labute approximate surface area is 182 Å². The van der Waals surface area contributed by atoms with Crippen LogP contribution in [0.5, 0.6) is 0 Å². The summed E-state index contributed by atoms with van der Waals surface area (Å²) in [5.74, 6) is -0.739. The summed E-state index contributed by atoms with van der Waals surface area (Å²) < 4.78 is 5.31. The van der Waals surface area contributed by atoms with Gasteiger partial charge in [-0.2, -0.15) is 0 Å². The number of carbonyl (C=O) groups is 3. The van der Waals surface area contributed by atoms with Crippen LogP contribution in [0.2, 0.25) is 0 Å². The van der Waals surface area contributed by atoms with E-state index in [0.717, 1.165) is 16.7 Å². The Kier molecular flexibility index (Phi) is 6.07. The second-order valence-electron chi connectivity index (χ2n) is 8.17. The molecule has 3 atom stereocenters. The molecule has 1 saturated heterocycles. The molecule has 31 heavy (non-hydrogen) atoms. The van der Waals surface area contributed by atoms with Gasteiger partial charge in [0.15, 0.2) is 0 Å². The van der Waals surface area contributed by atoms with Gasteiger partial charge >= 0.3 is 5.97 Å². The van der Waals surface area contributed by atoms with Crippen LogP contribution in [0, 0.1) is 0 Å². The van der Waals surface area contributed by atoms with E-state index in [2.05, 4.69) is 0 Å². The summed E-state index contributed by atoms with van der Waals surface area (Å²) in [6.07, 6.45) is 1.50. The number of hydrogen-bond donors (Lipinski definition) is 0. The van der Waals surface area contributed by atoms with Crippen LogP contribution in [0.1, 0.15) is 37.0 Å². The highest BCUT2D eigenvalue weighted by Crippen LogP contribution is 2.31. The lowest BCUT2D eigenvalue weighted by Crippen LogP contribution is -2.68. The Hall–Kier alpha value is -3.15. The molecule has 6 heteroatoms. The number of ether oxygens (including phenoxy) is 1. The van der Waals surface area contributed by atoms with E-state index < -0.39 is 24.1 Å². The minimum absolute atomic E-state index is 0.117. The quantitative estimate of drug-likeness (QED) is 0.674. The van der Waals surface area contributed by atoms with Crippen molar-refractivity contribution in [2.45, 2.75) is 57.8 Å². The topological polar surface area (TPSA) is 66.9 Å². The molecule has 4 rings (SSSR count). The zero-order valence-electron chi connectivity index (χ0n) is 18.0. The van der Waals surface area contributed by atoms with Crippen molar-refractivity contribution < 1.29 is 19.1 Å². The molecule has 2 aromatic carbocycles. The fraction of sp³-hybridized carbons (Fsp3) is 0.400. The smallest absolute Gasteiger partial charge is 0.328 e. The predicted octanol–water partition coefficient (Wildman–Crippen LogP) is 2.74. The standard InChI is InChI=1S/C25H28N2O4/c1-3-31-25(30)21(14-13-18-9-5-4-6-10-18)27-17(2)23(28)26-16-20-12-8-7-11-19(20)15-22(26)24(27)29/h4-12,17,21-22H,3,13-16H2,1-2H3. The van der Waals surface area contributed by atoms with E-state index in [0.29, 0.717) is 25.8 Å². The second-order valence-corrected chi connectivity index (χ2v) is 8.17. The Morgan fingerprint density at radius 2 is 1.71 bits per heavy atom. The van der Waals surface area contributed by atoms with Gasteiger partial charge in [-0.1, -0.05) is 54.6 Å². The van der Waals surface area contributed by atoms with Gasteiger partial charge in [-0.15, -0.1) is 0 Å². The normalized spacial score (nSPS) is 21.4. The first kappa shape index (κ1) is 21.1. The number of carbonyl (C=O) groups excluding carboxylic acids is 3. The molecule has 0 aromatic heterocycles. The van der Waals surface area contributed by atoms with Crippen LogP contribution in [-0.4, -0.2) is 52.3 Å². The third-order valence-corrected chi connectivity index (χ3v) is 6.29. The summed E-state index contributed by atoms with van der Waals surface area (Å²) in [5, 5.41) is 0. The molecule has 2 aliphatic heterocycles. The van der Waals surface area contributed by atoms with Crippen LogP contribution >= 0.6 is 0 Å². The highest BCUT2D eigenvalue weighted by atomic mass is 16.5. The van der Waals surface area contributed by atoms with Crippen molar-refractivity contribution in [3.63, 3.8) is 0 Å². The third kappa shape index (κ3) is 4.07. The zero-order valence-corrected chi connectivity index (χ0v) is 18.0. The van der Waals surface area contributed by atoms with Gasteiger partial charge in [-0.05, 0) is 43.4 Å². The minimum atomic E-state index is -0.786. The Morgan fingerprint density at radius 1 is 1.03 bits per heavy atom. The lowest BCUT2D eigenvalue weighted by Gasteiger charge is -2.48. The van der Waals surface area contributed by atoms with Crippen LogP contribution in [-0.2, 0) is 38.5 Å². The molecule has 1 fully saturated rings. The highest BCUT2D eigenvalue weighted by molar-refractivity contribution is 5.99. The molecule has 0 aliphatic carbocycles. The Balaban J connectivity index is 1.62. The molecule has 2 amide bonds. The van der Waals surface area contributed by atoms with E-state index in [-0.39, 0.29) is 18.4 Å². The number of rotatable bonds is 6. The van der Waals surface area contributed by atoms with Crippen molar-refractivity contribution in [2.24, 2.45) is 0 Å². The van der Waals surface area contributed by atoms with Gasteiger partial charge in [0.2, 0.25) is 11.8 Å². The lowest BCUT2D eigenvalue weighted by molar-refractivity contribution is -0.171. The number of hydrogen-bond acceptors (Lipinski definition) is 4. The van der Waals surface area contributed by atoms with Crippen LogP contribution in [0.25, 0.3) is 0 Å². The SMILES string of the molecule is CCOC(=O)C(CCc1ccccc1)N1C(=O)C2Cc3ccccc3CN2C(=O)C1C. The molecule has 0 N–H and O–H groups in total. The van der Waals surface area contributed by atoms with Crippen LogP contribution in [0.3, 0.4) is 0 Å². The van der Waals surface area contributed by atoms with Gasteiger partial charge in [0.05, 0.1) is 6.61 Å². The van der Waals surface area contributed by atoms with E-state index in [9.17, 15) is 14.4 Å². The summed E-state index contributed by atoms with van der Waals surface area (Å²) in [6, 6.07) is 15.7. The number of benzene rings is 2. The van der Waals surface area contributed by atoms with E-state index in [1.807, 2.05) is 54.6 Å². The monoisotopic (exact) mass is 420 g/mol. The first-order valence-corrected chi connectivity index (χ1v) is 10.9. The van der Waals surface area contributed by atoms with E-state index >= 15 is 0 Å². The molecule has 6 nitrogen and oxygen atoms in total. The average molecular weight is 421 g/mol. The average Bonchev–Trinajstić information content (AvgIpc) is 2.79. The summed E-state index contributed by atoms with van der Waals surface area (Å²) in [4.78, 5) is 42.9. The van der Waals surface area contributed by atoms with E-state index in [1.54, 1.807) is 18.7 Å². The summed E-state index contributed by atoms with van der Waals surface area (Å²) in [7, 11) is 0. The fourth-order valence-corrected chi connectivity index (χ4v) is 4.68. The van der Waals surface area contributed by atoms with Gasteiger partial charge in [-0.25, -0.2) is 4.79 Å². The molecule has 2 heterocycles. The third-order valence-electron chi connectivity index (χ3n) is 6.29. The first-order valence-electron chi connectivity index (χ1n) is 10.9. The number of amides is 2. The van der Waals surface area contributed by atoms with Crippen molar-refractivity contribution in [1.29, 1.82) is 0 Å². The zero-order chi connectivity index (χ0) is 22.0. The number of piperazine rings is 1. The highest BCUT2D eigenvalue weighted by Gasteiger charge is 2.49. The minimum Gasteiger partial charge on any atom is -0.464 e. The largest absolute Gasteiger partial charge is 0.464 e. The number of esters is 1. The molecule has 0 saturated carbocycles. The summed E-state index contributed by atoms with van der Waals surface area (Å²) >= 11 is 0. The van der Waals surface area contributed by atoms with Crippen molar-refractivity contribution >= 4 is 17.8 Å². The maximum Gasteiger partial charge on any atom is 0.328 e. The van der Waals surface area contributed by atoms with Gasteiger partial charge in [-0.3, -0.25) is 9.59 Å². The van der Waals surface area contributed by atoms with Crippen LogP contribution < -0.4 is 0 Å². The van der Waals surface area contributed by atoms with Crippen molar-refractivity contribution in [1.82, 2.24) is 9.80 Å². The molecular formula is C25H28N2O4. The first-order chi connectivity index (χ1) is 15.0. The van der Waals surface area contributed by atoms with Crippen molar-refractivity contribution in [3.8, 4) is 0 Å². The maximum atomic E-state index is 13.6. The molecule has 0 radical (unpaired) electrons. The second kappa shape index (κ2) is 8.92. The van der Waals surface area contributed by atoms with Gasteiger partial charge < -0.3 is 14.5 Å². The number of nitrogens with zero attached hydrogens (tertiary/aromatic N) is 2. The molecule has 0 spiro atoms. The predicted molar refractivity (Wildman–Crippen MR) is 116 cm³/mol. The molecule has 2 aromatic rings. The lowest BCUT2D eigenvalue weighted by atomic mass is 9.89.